The van der Waals surface area contributed by atoms with Crippen LogP contribution in [0.15, 0.2) is 0 Å². The van der Waals surface area contributed by atoms with Gasteiger partial charge in [0.25, 0.3) is 0 Å². The van der Waals surface area contributed by atoms with Crippen molar-refractivity contribution in [1.82, 2.24) is 5.32 Å². The topological polar surface area (TPSA) is 12.0 Å². The van der Waals surface area contributed by atoms with Crippen LogP contribution in [0.5, 0.6) is 0 Å². The van der Waals surface area contributed by atoms with E-state index in [2.05, 4.69) is 58.6 Å². The fraction of sp³-hybridized carbons (Fsp3) is 1.00. The van der Waals surface area contributed by atoms with Gasteiger partial charge in [-0.3, -0.25) is 0 Å². The molecule has 0 aromatic heterocycles. The summed E-state index contributed by atoms with van der Waals surface area (Å²) in [4.78, 5) is 0. The summed E-state index contributed by atoms with van der Waals surface area (Å²) in [5, 5.41) is 3.65. The molecule has 0 rings (SSSR count). The molecule has 1 nitrogen and oxygen atoms in total. The van der Waals surface area contributed by atoms with Crippen molar-refractivity contribution < 1.29 is 0 Å². The van der Waals surface area contributed by atoms with Crippen LogP contribution >= 0.6 is 11.8 Å². The Balaban J connectivity index is 3.91. The minimum atomic E-state index is 0.245. The summed E-state index contributed by atoms with van der Waals surface area (Å²) in [6, 6.07) is 0. The molecule has 0 fully saturated rings. The monoisotopic (exact) mass is 245 g/mol. The fourth-order valence-electron chi connectivity index (χ4n) is 1.61. The Labute approximate surface area is 107 Å². The van der Waals surface area contributed by atoms with Gasteiger partial charge < -0.3 is 5.32 Å². The van der Waals surface area contributed by atoms with E-state index in [1.54, 1.807) is 0 Å². The SMILES string of the molecule is CCSCCCC(C)(CC)CNC(C)(C)C. The molecular formula is C14H31NS. The normalized spacial score (nSPS) is 16.1. The van der Waals surface area contributed by atoms with Crippen molar-refractivity contribution in [1.29, 1.82) is 0 Å². The van der Waals surface area contributed by atoms with Gasteiger partial charge in [0.2, 0.25) is 0 Å². The minimum Gasteiger partial charge on any atom is -0.312 e. The van der Waals surface area contributed by atoms with Crippen molar-refractivity contribution in [3.8, 4) is 0 Å². The summed E-state index contributed by atoms with van der Waals surface area (Å²) in [5.74, 6) is 2.57. The van der Waals surface area contributed by atoms with Crippen LogP contribution in [0.4, 0.5) is 0 Å². The van der Waals surface area contributed by atoms with Crippen LogP contribution in [0.2, 0.25) is 0 Å². The van der Waals surface area contributed by atoms with Gasteiger partial charge in [-0.2, -0.15) is 11.8 Å². The van der Waals surface area contributed by atoms with Gasteiger partial charge in [0, 0.05) is 12.1 Å². The minimum absolute atomic E-state index is 0.245. The predicted molar refractivity (Wildman–Crippen MR) is 78.4 cm³/mol. The highest BCUT2D eigenvalue weighted by molar-refractivity contribution is 7.99. The van der Waals surface area contributed by atoms with E-state index < -0.39 is 0 Å². The molecule has 0 saturated carbocycles. The maximum Gasteiger partial charge on any atom is 0.00967 e. The first-order valence-corrected chi connectivity index (χ1v) is 7.81. The fourth-order valence-corrected chi connectivity index (χ4v) is 2.25. The quantitative estimate of drug-likeness (QED) is 0.639. The second-order valence-electron chi connectivity index (χ2n) is 6.07. The van der Waals surface area contributed by atoms with Crippen LogP contribution in [-0.2, 0) is 0 Å². The third kappa shape index (κ3) is 8.46. The first-order chi connectivity index (χ1) is 7.33. The van der Waals surface area contributed by atoms with E-state index in [0.717, 1.165) is 6.54 Å². The van der Waals surface area contributed by atoms with Crippen molar-refractivity contribution in [3.63, 3.8) is 0 Å². The zero-order valence-electron chi connectivity index (χ0n) is 12.2. The highest BCUT2D eigenvalue weighted by Gasteiger charge is 2.23. The smallest absolute Gasteiger partial charge is 0.00967 e. The molecule has 1 N–H and O–H groups in total. The standard InChI is InChI=1S/C14H31NS/c1-7-14(6,10-9-11-16-8-2)12-15-13(3,4)5/h15H,7-12H2,1-6H3. The molecule has 16 heavy (non-hydrogen) atoms. The molecule has 0 bridgehead atoms. The molecular weight excluding hydrogens is 214 g/mol. The molecule has 98 valence electrons. The van der Waals surface area contributed by atoms with Gasteiger partial charge in [-0.15, -0.1) is 0 Å². The Hall–Kier alpha value is 0.310. The molecule has 0 heterocycles. The zero-order chi connectivity index (χ0) is 12.7. The van der Waals surface area contributed by atoms with Crippen molar-refractivity contribution in [2.24, 2.45) is 5.41 Å². The van der Waals surface area contributed by atoms with E-state index in [1.165, 1.54) is 30.8 Å². The number of hydrogen-bond acceptors (Lipinski definition) is 2. The summed E-state index contributed by atoms with van der Waals surface area (Å²) >= 11 is 2.06. The molecule has 0 aliphatic rings. The third-order valence-electron chi connectivity index (χ3n) is 3.17. The molecule has 0 radical (unpaired) electrons. The van der Waals surface area contributed by atoms with E-state index in [1.807, 2.05) is 0 Å². The average Bonchev–Trinajstić information content (AvgIpc) is 2.21. The molecule has 0 aromatic carbocycles. The van der Waals surface area contributed by atoms with E-state index >= 15 is 0 Å². The Kier molecular flexibility index (Phi) is 7.75. The maximum atomic E-state index is 3.65. The summed E-state index contributed by atoms with van der Waals surface area (Å²) in [6.07, 6.45) is 3.97. The maximum absolute atomic E-state index is 3.65. The Bertz CT molecular complexity index is 174. The Morgan fingerprint density at radius 1 is 1.06 bits per heavy atom. The Morgan fingerprint density at radius 2 is 1.69 bits per heavy atom. The van der Waals surface area contributed by atoms with Crippen molar-refractivity contribution >= 4 is 11.8 Å². The highest BCUT2D eigenvalue weighted by Crippen LogP contribution is 2.28. The summed E-state index contributed by atoms with van der Waals surface area (Å²) in [5.41, 5.74) is 0.718. The van der Waals surface area contributed by atoms with E-state index in [4.69, 9.17) is 0 Å². The first-order valence-electron chi connectivity index (χ1n) is 6.66. The van der Waals surface area contributed by atoms with Gasteiger partial charge in [-0.25, -0.2) is 0 Å². The van der Waals surface area contributed by atoms with Gasteiger partial charge in [0.1, 0.15) is 0 Å². The van der Waals surface area contributed by atoms with Gasteiger partial charge in [0.05, 0.1) is 0 Å². The van der Waals surface area contributed by atoms with Crippen LogP contribution in [0.1, 0.15) is 60.8 Å². The lowest BCUT2D eigenvalue weighted by atomic mass is 9.82. The lowest BCUT2D eigenvalue weighted by molar-refractivity contribution is 0.238. The summed E-state index contributed by atoms with van der Waals surface area (Å²) < 4.78 is 0. The van der Waals surface area contributed by atoms with Gasteiger partial charge in [0.15, 0.2) is 0 Å². The Morgan fingerprint density at radius 3 is 2.12 bits per heavy atom. The summed E-state index contributed by atoms with van der Waals surface area (Å²) in [6.45, 7) is 14.9. The van der Waals surface area contributed by atoms with Gasteiger partial charge in [-0.05, 0) is 57.0 Å². The van der Waals surface area contributed by atoms with Crippen LogP contribution < -0.4 is 5.32 Å². The van der Waals surface area contributed by atoms with Crippen LogP contribution in [0, 0.1) is 5.41 Å². The van der Waals surface area contributed by atoms with Crippen molar-refractivity contribution in [2.45, 2.75) is 66.3 Å². The molecule has 0 spiro atoms. The van der Waals surface area contributed by atoms with Gasteiger partial charge >= 0.3 is 0 Å². The lowest BCUT2D eigenvalue weighted by Crippen LogP contribution is -2.42. The number of rotatable bonds is 8. The molecule has 2 heteroatoms. The number of thioether (sulfide) groups is 1. The molecule has 0 amide bonds. The molecule has 0 aliphatic carbocycles. The molecule has 0 aliphatic heterocycles. The zero-order valence-corrected chi connectivity index (χ0v) is 13.0. The van der Waals surface area contributed by atoms with Gasteiger partial charge in [-0.1, -0.05) is 20.8 Å². The average molecular weight is 245 g/mol. The van der Waals surface area contributed by atoms with Crippen molar-refractivity contribution in [2.75, 3.05) is 18.1 Å². The molecule has 0 aromatic rings. The predicted octanol–water partition coefficient (Wildman–Crippen LogP) is 4.32. The van der Waals surface area contributed by atoms with Crippen LogP contribution in [-0.4, -0.2) is 23.6 Å². The highest BCUT2D eigenvalue weighted by atomic mass is 32.2. The number of nitrogens with one attached hydrogen (secondary N) is 1. The van der Waals surface area contributed by atoms with Crippen LogP contribution in [0.3, 0.4) is 0 Å². The first kappa shape index (κ1) is 16.3. The summed E-state index contributed by atoms with van der Waals surface area (Å²) in [7, 11) is 0. The van der Waals surface area contributed by atoms with Crippen molar-refractivity contribution in [3.05, 3.63) is 0 Å². The lowest BCUT2D eigenvalue weighted by Gasteiger charge is -2.33. The number of hydrogen-bond donors (Lipinski definition) is 1. The van der Waals surface area contributed by atoms with E-state index in [9.17, 15) is 0 Å². The molecule has 1 unspecified atom stereocenters. The second-order valence-corrected chi connectivity index (χ2v) is 7.46. The van der Waals surface area contributed by atoms with E-state index in [-0.39, 0.29) is 5.54 Å². The largest absolute Gasteiger partial charge is 0.312 e. The second kappa shape index (κ2) is 7.60. The van der Waals surface area contributed by atoms with Crippen LogP contribution in [0.25, 0.3) is 0 Å². The van der Waals surface area contributed by atoms with E-state index in [0.29, 0.717) is 5.41 Å². The third-order valence-corrected chi connectivity index (χ3v) is 4.16. The molecule has 0 saturated heterocycles. The molecule has 1 atom stereocenters.